The Hall–Kier alpha value is -3.96. The van der Waals surface area contributed by atoms with E-state index in [9.17, 15) is 14.4 Å². The fourth-order valence-corrected chi connectivity index (χ4v) is 6.47. The summed E-state index contributed by atoms with van der Waals surface area (Å²) < 4.78 is 18.4. The Morgan fingerprint density at radius 3 is 2.57 bits per heavy atom. The largest absolute Gasteiger partial charge is 0.466 e. The highest BCUT2D eigenvalue weighted by molar-refractivity contribution is 6.76. The van der Waals surface area contributed by atoms with E-state index in [4.69, 9.17) is 14.2 Å². The summed E-state index contributed by atoms with van der Waals surface area (Å²) in [5, 5.41) is 6.58. The summed E-state index contributed by atoms with van der Waals surface area (Å²) in [7, 11) is 0.121. The lowest BCUT2D eigenvalue weighted by Gasteiger charge is -2.32. The van der Waals surface area contributed by atoms with Gasteiger partial charge in [0, 0.05) is 56.9 Å². The third kappa shape index (κ3) is 7.57. The zero-order chi connectivity index (χ0) is 31.4. The van der Waals surface area contributed by atoms with Crippen molar-refractivity contribution in [2.45, 2.75) is 70.6 Å². The van der Waals surface area contributed by atoms with Gasteiger partial charge in [-0.05, 0) is 66.4 Å². The first-order valence-corrected chi connectivity index (χ1v) is 18.9. The highest BCUT2D eigenvalue weighted by atomic mass is 28.3. The van der Waals surface area contributed by atoms with Crippen LogP contribution in [0, 0.1) is 6.92 Å². The van der Waals surface area contributed by atoms with Gasteiger partial charge in [-0.2, -0.15) is 5.10 Å². The van der Waals surface area contributed by atoms with Crippen LogP contribution in [0.2, 0.25) is 25.7 Å². The highest BCUT2D eigenvalue weighted by Crippen LogP contribution is 2.28. The van der Waals surface area contributed by atoms with Crippen LogP contribution < -0.4 is 5.56 Å². The first kappa shape index (κ1) is 31.5. The number of ether oxygens (including phenoxy) is 3. The van der Waals surface area contributed by atoms with Crippen molar-refractivity contribution in [3.63, 3.8) is 0 Å². The van der Waals surface area contributed by atoms with Crippen LogP contribution in [-0.4, -0.2) is 72.7 Å². The first-order valence-electron chi connectivity index (χ1n) is 15.2. The number of nitrogens with one attached hydrogen (secondary N) is 1. The molecule has 1 amide bonds. The topological polar surface area (TPSA) is 116 Å². The van der Waals surface area contributed by atoms with Gasteiger partial charge in [0.15, 0.2) is 0 Å². The van der Waals surface area contributed by atoms with Crippen LogP contribution in [0.4, 0.5) is 4.79 Å². The van der Waals surface area contributed by atoms with Crippen molar-refractivity contribution in [2.24, 2.45) is 0 Å². The minimum atomic E-state index is -1.17. The number of likely N-dealkylation sites (tertiary alicyclic amines) is 1. The molecule has 10 nitrogen and oxygen atoms in total. The number of carbonyl (C=O) groups is 2. The number of carbonyl (C=O) groups excluding carboxylic acids is 2. The average Bonchev–Trinajstić information content (AvgIpc) is 3.41. The Balaban J connectivity index is 1.21. The number of hydrogen-bond donors (Lipinski definition) is 1. The lowest BCUT2D eigenvalue weighted by Crippen LogP contribution is -2.42. The Kier molecular flexibility index (Phi) is 9.55. The molecular formula is C33H42N4O6Si. The van der Waals surface area contributed by atoms with E-state index in [0.29, 0.717) is 39.3 Å². The van der Waals surface area contributed by atoms with E-state index in [-0.39, 0.29) is 17.9 Å². The second kappa shape index (κ2) is 13.4. The second-order valence-electron chi connectivity index (χ2n) is 12.9. The summed E-state index contributed by atoms with van der Waals surface area (Å²) >= 11 is 0. The zero-order valence-electron chi connectivity index (χ0n) is 26.2. The lowest BCUT2D eigenvalue weighted by atomic mass is 9.89. The van der Waals surface area contributed by atoms with Crippen LogP contribution in [-0.2, 0) is 32.2 Å². The molecule has 0 spiro atoms. The molecule has 11 heteroatoms. The van der Waals surface area contributed by atoms with E-state index in [1.807, 2.05) is 55.6 Å². The number of pyridine rings is 1. The third-order valence-corrected chi connectivity index (χ3v) is 9.93. The Bertz CT molecular complexity index is 1700. The van der Waals surface area contributed by atoms with Gasteiger partial charge in [0.25, 0.3) is 5.56 Å². The molecule has 1 N–H and O–H groups in total. The smallest absolute Gasteiger partial charge is 0.410 e. The van der Waals surface area contributed by atoms with Gasteiger partial charge in [0.1, 0.15) is 6.73 Å². The minimum absolute atomic E-state index is 0.0326. The van der Waals surface area contributed by atoms with Gasteiger partial charge in [-0.25, -0.2) is 14.3 Å². The number of nitrogens with zero attached hydrogens (tertiary/aromatic N) is 3. The summed E-state index contributed by atoms with van der Waals surface area (Å²) in [6.45, 7) is 10.9. The molecule has 2 aromatic heterocycles. The van der Waals surface area contributed by atoms with Crippen LogP contribution in [0.25, 0.3) is 21.8 Å². The minimum Gasteiger partial charge on any atom is -0.466 e. The molecule has 234 valence electrons. The van der Waals surface area contributed by atoms with Crippen LogP contribution in [0.3, 0.4) is 0 Å². The number of aromatic amines is 1. The molecular weight excluding hydrogens is 576 g/mol. The molecule has 1 saturated heterocycles. The number of rotatable bonds is 10. The number of amides is 1. The molecule has 0 radical (unpaired) electrons. The second-order valence-corrected chi connectivity index (χ2v) is 18.5. The molecule has 0 bridgehead atoms. The van der Waals surface area contributed by atoms with Gasteiger partial charge < -0.3 is 24.1 Å². The molecule has 1 atom stereocenters. The van der Waals surface area contributed by atoms with E-state index in [2.05, 4.69) is 29.7 Å². The number of aromatic nitrogens is 3. The monoisotopic (exact) mass is 618 g/mol. The highest BCUT2D eigenvalue weighted by Gasteiger charge is 2.31. The zero-order valence-corrected chi connectivity index (χ0v) is 27.2. The molecule has 4 aromatic rings. The fraction of sp³-hybridized carbons (Fsp3) is 0.455. The maximum Gasteiger partial charge on any atom is 0.410 e. The van der Waals surface area contributed by atoms with Crippen molar-refractivity contribution in [1.82, 2.24) is 19.7 Å². The first-order chi connectivity index (χ1) is 21.0. The van der Waals surface area contributed by atoms with Crippen molar-refractivity contribution in [3.8, 4) is 0 Å². The quantitative estimate of drug-likeness (QED) is 0.140. The predicted molar refractivity (Wildman–Crippen MR) is 173 cm³/mol. The van der Waals surface area contributed by atoms with Crippen molar-refractivity contribution in [2.75, 3.05) is 26.8 Å². The van der Waals surface area contributed by atoms with E-state index >= 15 is 0 Å². The number of benzene rings is 2. The number of methoxy groups -OCH3 is 1. The molecule has 1 unspecified atom stereocenters. The number of H-pyrrole nitrogens is 1. The van der Waals surface area contributed by atoms with Crippen LogP contribution in [0.5, 0.6) is 0 Å². The average molecular weight is 619 g/mol. The van der Waals surface area contributed by atoms with Crippen LogP contribution >= 0.6 is 0 Å². The van der Waals surface area contributed by atoms with Crippen molar-refractivity contribution >= 4 is 41.9 Å². The van der Waals surface area contributed by atoms with Crippen LogP contribution in [0.15, 0.2) is 53.5 Å². The number of para-hydroxylation sites is 1. The molecule has 2 aromatic carbocycles. The number of hydrogen-bond acceptors (Lipinski definition) is 7. The molecule has 3 heterocycles. The normalized spacial score (nSPS) is 15.1. The molecule has 44 heavy (non-hydrogen) atoms. The molecule has 1 fully saturated rings. The summed E-state index contributed by atoms with van der Waals surface area (Å²) in [6.07, 6.45) is 1.71. The number of fused-ring (bicyclic) bond motifs is 2. The van der Waals surface area contributed by atoms with Crippen molar-refractivity contribution in [1.29, 1.82) is 0 Å². The standard InChI is InChI=1S/C33H42N4O6Si/c1-22-16-23(17-26-20-37(35-30(22)26)21-42-14-15-44(3,4)5)18-29(32(39)41-2)43-33(40)36-12-10-24(11-13-36)27-19-25-8-6-7-9-28(25)34-31(27)38/h6-9,16-17,19-20,24,29H,10-15,18,21H2,1-5H3,(H,34,38). The summed E-state index contributed by atoms with van der Waals surface area (Å²) in [5.74, 6) is -0.578. The Morgan fingerprint density at radius 2 is 1.84 bits per heavy atom. The molecule has 1 aliphatic rings. The van der Waals surface area contributed by atoms with Gasteiger partial charge in [-0.3, -0.25) is 4.79 Å². The van der Waals surface area contributed by atoms with Gasteiger partial charge in [-0.15, -0.1) is 0 Å². The van der Waals surface area contributed by atoms with Gasteiger partial charge in [0.05, 0.1) is 12.6 Å². The van der Waals surface area contributed by atoms with Crippen molar-refractivity contribution in [3.05, 3.63) is 75.7 Å². The maximum absolute atomic E-state index is 13.2. The molecule has 5 rings (SSSR count). The third-order valence-electron chi connectivity index (χ3n) is 8.23. The van der Waals surface area contributed by atoms with Crippen LogP contribution in [0.1, 0.15) is 35.4 Å². The lowest BCUT2D eigenvalue weighted by molar-refractivity contribution is -0.151. The van der Waals surface area contributed by atoms with E-state index in [1.165, 1.54) is 7.11 Å². The molecule has 0 saturated carbocycles. The maximum atomic E-state index is 13.2. The summed E-state index contributed by atoms with van der Waals surface area (Å²) in [5.41, 5.74) is 4.10. The number of esters is 1. The summed E-state index contributed by atoms with van der Waals surface area (Å²) in [4.78, 5) is 43.2. The van der Waals surface area contributed by atoms with Gasteiger partial charge >= 0.3 is 12.1 Å². The Labute approximate surface area is 258 Å². The fourth-order valence-electron chi connectivity index (χ4n) is 5.71. The van der Waals surface area contributed by atoms with Crippen molar-refractivity contribution < 1.29 is 23.8 Å². The molecule has 0 aliphatic carbocycles. The number of aryl methyl sites for hydroxylation is 1. The van der Waals surface area contributed by atoms with E-state index in [0.717, 1.165) is 44.5 Å². The van der Waals surface area contributed by atoms with E-state index < -0.39 is 26.2 Å². The number of piperidine rings is 1. The Morgan fingerprint density at radius 1 is 1.09 bits per heavy atom. The predicted octanol–water partition coefficient (Wildman–Crippen LogP) is 5.60. The SMILES string of the molecule is COC(=O)C(Cc1cc(C)c2nn(COCC[Si](C)(C)C)cc2c1)OC(=O)N1CCC(c2cc3ccccc3[nH]c2=O)CC1. The van der Waals surface area contributed by atoms with Gasteiger partial charge in [-0.1, -0.05) is 43.9 Å². The van der Waals surface area contributed by atoms with E-state index in [1.54, 1.807) is 9.58 Å². The van der Waals surface area contributed by atoms with Gasteiger partial charge in [0.2, 0.25) is 6.10 Å². The summed E-state index contributed by atoms with van der Waals surface area (Å²) in [6, 6.07) is 14.7. The molecule has 1 aliphatic heterocycles.